The molecule has 0 unspecified atom stereocenters. The number of anilines is 1. The van der Waals surface area contributed by atoms with Gasteiger partial charge in [-0.3, -0.25) is 9.59 Å². The van der Waals surface area contributed by atoms with E-state index in [1.54, 1.807) is 24.3 Å². The van der Waals surface area contributed by atoms with Crippen LogP contribution in [0.4, 0.5) is 5.69 Å². The Hall–Kier alpha value is -3.12. The molecule has 1 aliphatic heterocycles. The Bertz CT molecular complexity index is 1080. The molecule has 5 rings (SSSR count). The molecule has 2 aliphatic rings. The maximum absolute atomic E-state index is 12.8. The van der Waals surface area contributed by atoms with Crippen LogP contribution in [0.1, 0.15) is 38.4 Å². The lowest BCUT2D eigenvalue weighted by molar-refractivity contribution is 0.0949. The van der Waals surface area contributed by atoms with Gasteiger partial charge < -0.3 is 15.4 Å². The van der Waals surface area contributed by atoms with Gasteiger partial charge in [0.25, 0.3) is 11.8 Å². The highest BCUT2D eigenvalue weighted by Crippen LogP contribution is 2.42. The Morgan fingerprint density at radius 3 is 2.71 bits per heavy atom. The van der Waals surface area contributed by atoms with E-state index in [1.807, 2.05) is 30.3 Å². The van der Waals surface area contributed by atoms with Crippen LogP contribution < -0.4 is 15.4 Å². The number of hydrogen-bond acceptors (Lipinski definition) is 4. The van der Waals surface area contributed by atoms with Crippen molar-refractivity contribution in [2.24, 2.45) is 0 Å². The second-order valence-corrected chi connectivity index (χ2v) is 8.08. The third-order valence-electron chi connectivity index (χ3n) is 4.84. The summed E-state index contributed by atoms with van der Waals surface area (Å²) in [6, 6.07) is 17.1. The first-order valence-corrected chi connectivity index (χ1v) is 10.1. The number of rotatable bonds is 4. The number of nitrogens with one attached hydrogen (secondary N) is 2. The second kappa shape index (κ2) is 6.80. The van der Waals surface area contributed by atoms with Crippen molar-refractivity contribution in [3.63, 3.8) is 0 Å². The quantitative estimate of drug-likeness (QED) is 0.692. The first-order valence-electron chi connectivity index (χ1n) is 9.24. The smallest absolute Gasteiger partial charge is 0.265 e. The Kier molecular flexibility index (Phi) is 4.13. The number of para-hydroxylation sites is 1. The lowest BCUT2D eigenvalue weighted by Gasteiger charge is -2.16. The number of carbonyl (C=O) groups excluding carboxylic acids is 2. The highest BCUT2D eigenvalue weighted by Gasteiger charge is 2.24. The van der Waals surface area contributed by atoms with Crippen molar-refractivity contribution in [1.29, 1.82) is 0 Å². The molecule has 6 heteroatoms. The highest BCUT2D eigenvalue weighted by atomic mass is 32.1. The molecule has 1 aromatic heterocycles. The fraction of sp³-hybridized carbons (Fsp3) is 0.182. The molecule has 0 atom stereocenters. The molecule has 0 spiro atoms. The Morgan fingerprint density at radius 2 is 1.86 bits per heavy atom. The SMILES string of the molecule is O=C(NC1CC1)c1cccc(NC(=O)c2cc3c(s2)-c2ccccc2OC3)c1. The van der Waals surface area contributed by atoms with Gasteiger partial charge in [-0.2, -0.15) is 0 Å². The van der Waals surface area contributed by atoms with Gasteiger partial charge in [0.15, 0.2) is 0 Å². The Labute approximate surface area is 166 Å². The van der Waals surface area contributed by atoms with Gasteiger partial charge in [0.05, 0.1) is 4.88 Å². The molecule has 0 bridgehead atoms. The van der Waals surface area contributed by atoms with Crippen LogP contribution in [0.5, 0.6) is 5.75 Å². The van der Waals surface area contributed by atoms with Crippen LogP contribution in [-0.4, -0.2) is 17.9 Å². The largest absolute Gasteiger partial charge is 0.488 e. The molecular formula is C22H18N2O3S. The zero-order chi connectivity index (χ0) is 19.1. The molecular weight excluding hydrogens is 372 g/mol. The molecule has 5 nitrogen and oxygen atoms in total. The van der Waals surface area contributed by atoms with Crippen LogP contribution in [0.3, 0.4) is 0 Å². The summed E-state index contributed by atoms with van der Waals surface area (Å²) in [7, 11) is 0. The van der Waals surface area contributed by atoms with E-state index < -0.39 is 0 Å². The minimum Gasteiger partial charge on any atom is -0.488 e. The number of carbonyl (C=O) groups is 2. The summed E-state index contributed by atoms with van der Waals surface area (Å²) in [4.78, 5) is 26.7. The number of thiophene rings is 1. The third-order valence-corrected chi connectivity index (χ3v) is 6.05. The van der Waals surface area contributed by atoms with Gasteiger partial charge in [-0.15, -0.1) is 11.3 Å². The maximum Gasteiger partial charge on any atom is 0.265 e. The monoisotopic (exact) mass is 390 g/mol. The van der Waals surface area contributed by atoms with Crippen LogP contribution in [0.2, 0.25) is 0 Å². The van der Waals surface area contributed by atoms with Crippen molar-refractivity contribution >= 4 is 28.8 Å². The van der Waals surface area contributed by atoms with E-state index >= 15 is 0 Å². The normalized spacial score (nSPS) is 14.4. The molecule has 1 saturated carbocycles. The Morgan fingerprint density at radius 1 is 1.00 bits per heavy atom. The van der Waals surface area contributed by atoms with Crippen molar-refractivity contribution in [3.8, 4) is 16.2 Å². The fourth-order valence-electron chi connectivity index (χ4n) is 3.24. The van der Waals surface area contributed by atoms with Crippen molar-refractivity contribution in [3.05, 3.63) is 70.6 Å². The molecule has 1 aliphatic carbocycles. The van der Waals surface area contributed by atoms with E-state index in [1.165, 1.54) is 11.3 Å². The van der Waals surface area contributed by atoms with Gasteiger partial charge in [-0.05, 0) is 49.2 Å². The summed E-state index contributed by atoms with van der Waals surface area (Å²) in [6.07, 6.45) is 2.08. The Balaban J connectivity index is 1.36. The van der Waals surface area contributed by atoms with Crippen LogP contribution in [-0.2, 0) is 6.61 Å². The third kappa shape index (κ3) is 3.27. The predicted molar refractivity (Wildman–Crippen MR) is 109 cm³/mol. The molecule has 2 aromatic carbocycles. The average Bonchev–Trinajstić information content (AvgIpc) is 3.41. The minimum atomic E-state index is -0.184. The molecule has 2 amide bonds. The van der Waals surface area contributed by atoms with E-state index in [2.05, 4.69) is 10.6 Å². The van der Waals surface area contributed by atoms with Gasteiger partial charge in [-0.25, -0.2) is 0 Å². The summed E-state index contributed by atoms with van der Waals surface area (Å²) in [6.45, 7) is 0.465. The van der Waals surface area contributed by atoms with E-state index in [4.69, 9.17) is 4.74 Å². The molecule has 2 N–H and O–H groups in total. The standard InChI is InChI=1S/C22H18N2O3S/c25-21(23-15-8-9-15)13-4-3-5-16(10-13)24-22(26)19-11-14-12-27-18-7-2-1-6-17(18)20(14)28-19/h1-7,10-11,15H,8-9,12H2,(H,23,25)(H,24,26). The molecule has 140 valence electrons. The molecule has 0 radical (unpaired) electrons. The lowest BCUT2D eigenvalue weighted by atomic mass is 10.1. The topological polar surface area (TPSA) is 67.4 Å². The van der Waals surface area contributed by atoms with Gasteiger partial charge in [0, 0.05) is 33.3 Å². The second-order valence-electron chi connectivity index (χ2n) is 7.03. The predicted octanol–water partition coefficient (Wildman–Crippen LogP) is 4.45. The average molecular weight is 390 g/mol. The molecule has 0 saturated heterocycles. The van der Waals surface area contributed by atoms with E-state index in [0.29, 0.717) is 28.8 Å². The van der Waals surface area contributed by atoms with Crippen molar-refractivity contribution < 1.29 is 14.3 Å². The van der Waals surface area contributed by atoms with E-state index in [0.717, 1.165) is 34.6 Å². The number of amides is 2. The van der Waals surface area contributed by atoms with E-state index in [-0.39, 0.29) is 11.8 Å². The van der Waals surface area contributed by atoms with E-state index in [9.17, 15) is 9.59 Å². The first kappa shape index (κ1) is 17.0. The van der Waals surface area contributed by atoms with Crippen molar-refractivity contribution in [2.75, 3.05) is 5.32 Å². The lowest BCUT2D eigenvalue weighted by Crippen LogP contribution is -2.25. The number of hydrogen-bond donors (Lipinski definition) is 2. The minimum absolute atomic E-state index is 0.0982. The summed E-state index contributed by atoms with van der Waals surface area (Å²) in [5, 5.41) is 5.87. The van der Waals surface area contributed by atoms with Crippen molar-refractivity contribution in [2.45, 2.75) is 25.5 Å². The van der Waals surface area contributed by atoms with Gasteiger partial charge in [0.2, 0.25) is 0 Å². The van der Waals surface area contributed by atoms with Crippen LogP contribution in [0.25, 0.3) is 10.4 Å². The molecule has 28 heavy (non-hydrogen) atoms. The zero-order valence-electron chi connectivity index (χ0n) is 15.0. The number of benzene rings is 2. The number of ether oxygens (including phenoxy) is 1. The summed E-state index contributed by atoms with van der Waals surface area (Å²) < 4.78 is 5.77. The zero-order valence-corrected chi connectivity index (χ0v) is 15.8. The fourth-order valence-corrected chi connectivity index (χ4v) is 4.33. The molecule has 1 fully saturated rings. The van der Waals surface area contributed by atoms with Gasteiger partial charge >= 0.3 is 0 Å². The molecule has 3 aromatic rings. The van der Waals surface area contributed by atoms with Crippen molar-refractivity contribution in [1.82, 2.24) is 5.32 Å². The summed E-state index contributed by atoms with van der Waals surface area (Å²) in [5.74, 6) is 0.564. The van der Waals surface area contributed by atoms with Gasteiger partial charge in [0.1, 0.15) is 12.4 Å². The summed E-state index contributed by atoms with van der Waals surface area (Å²) >= 11 is 1.46. The van der Waals surface area contributed by atoms with Gasteiger partial charge in [-0.1, -0.05) is 18.2 Å². The molecule has 2 heterocycles. The van der Waals surface area contributed by atoms with Crippen LogP contribution in [0, 0.1) is 0 Å². The van der Waals surface area contributed by atoms with Crippen LogP contribution in [0.15, 0.2) is 54.6 Å². The van der Waals surface area contributed by atoms with Crippen LogP contribution >= 0.6 is 11.3 Å². The maximum atomic E-state index is 12.8. The highest BCUT2D eigenvalue weighted by molar-refractivity contribution is 7.17. The summed E-state index contributed by atoms with van der Waals surface area (Å²) in [5.41, 5.74) is 3.20. The first-order chi connectivity index (χ1) is 13.7. The number of fused-ring (bicyclic) bond motifs is 3.